The van der Waals surface area contributed by atoms with Crippen LogP contribution in [0.15, 0.2) is 36.4 Å². The van der Waals surface area contributed by atoms with E-state index in [1.165, 1.54) is 23.5 Å². The van der Waals surface area contributed by atoms with Crippen molar-refractivity contribution in [3.63, 3.8) is 0 Å². The average Bonchev–Trinajstić information content (AvgIpc) is 2.81. The van der Waals surface area contributed by atoms with Crippen molar-refractivity contribution in [1.29, 1.82) is 0 Å². The topological polar surface area (TPSA) is 49.3 Å². The number of nitrogens with one attached hydrogen (secondary N) is 1. The number of carboxylic acid groups (broad SMARTS) is 1. The smallest absolute Gasteiger partial charge is 0.345 e. The van der Waals surface area contributed by atoms with Gasteiger partial charge >= 0.3 is 5.97 Å². The monoisotopic (exact) mass is 265 g/mol. The second-order valence-electron chi connectivity index (χ2n) is 3.80. The number of hydrogen-bond donors (Lipinski definition) is 2. The van der Waals surface area contributed by atoms with E-state index in [4.69, 9.17) is 5.11 Å². The molecule has 2 rings (SSSR count). The highest BCUT2D eigenvalue weighted by molar-refractivity contribution is 7.13. The Morgan fingerprint density at radius 3 is 2.50 bits per heavy atom. The number of carboxylic acids is 1. The quantitative estimate of drug-likeness (QED) is 0.874. The molecule has 0 aliphatic heterocycles. The molecule has 0 unspecified atom stereocenters. The van der Waals surface area contributed by atoms with Crippen molar-refractivity contribution >= 4 is 17.3 Å². The summed E-state index contributed by atoms with van der Waals surface area (Å²) in [7, 11) is 0. The van der Waals surface area contributed by atoms with Crippen molar-refractivity contribution < 1.29 is 14.3 Å². The molecule has 0 amide bonds. The van der Waals surface area contributed by atoms with Gasteiger partial charge in [-0.2, -0.15) is 0 Å². The molecule has 2 aromatic rings. The number of halogens is 1. The number of rotatable bonds is 5. The Kier molecular flexibility index (Phi) is 4.07. The van der Waals surface area contributed by atoms with Crippen LogP contribution in [0.5, 0.6) is 0 Å². The molecule has 0 bridgehead atoms. The SMILES string of the molecule is O=C(O)c1ccc(CNCc2ccc(F)cc2)s1. The minimum absolute atomic E-state index is 0.247. The summed E-state index contributed by atoms with van der Waals surface area (Å²) in [6.45, 7) is 1.23. The lowest BCUT2D eigenvalue weighted by Gasteiger charge is -2.03. The van der Waals surface area contributed by atoms with E-state index in [2.05, 4.69) is 5.32 Å². The fraction of sp³-hybridized carbons (Fsp3) is 0.154. The summed E-state index contributed by atoms with van der Waals surface area (Å²) in [5.74, 6) is -1.15. The normalized spacial score (nSPS) is 10.5. The zero-order valence-electron chi connectivity index (χ0n) is 9.52. The van der Waals surface area contributed by atoms with Crippen LogP contribution in [0.25, 0.3) is 0 Å². The molecule has 0 aliphatic carbocycles. The lowest BCUT2D eigenvalue weighted by molar-refractivity contribution is 0.0702. The standard InChI is InChI=1S/C13H12FNO2S/c14-10-3-1-9(2-4-10)7-15-8-11-5-6-12(18-11)13(16)17/h1-6,15H,7-8H2,(H,16,17). The van der Waals surface area contributed by atoms with Crippen LogP contribution >= 0.6 is 11.3 Å². The molecule has 5 heteroatoms. The minimum atomic E-state index is -0.898. The van der Waals surface area contributed by atoms with Gasteiger partial charge in [-0.05, 0) is 29.8 Å². The van der Waals surface area contributed by atoms with Crippen molar-refractivity contribution in [3.8, 4) is 0 Å². The second kappa shape index (κ2) is 5.75. The van der Waals surface area contributed by atoms with Crippen LogP contribution in [0, 0.1) is 5.82 Å². The Morgan fingerprint density at radius 1 is 1.17 bits per heavy atom. The molecule has 18 heavy (non-hydrogen) atoms. The summed E-state index contributed by atoms with van der Waals surface area (Å²) in [5.41, 5.74) is 0.992. The van der Waals surface area contributed by atoms with Crippen molar-refractivity contribution in [2.75, 3.05) is 0 Å². The second-order valence-corrected chi connectivity index (χ2v) is 4.97. The maximum Gasteiger partial charge on any atom is 0.345 e. The van der Waals surface area contributed by atoms with E-state index in [1.54, 1.807) is 24.3 Å². The Morgan fingerprint density at radius 2 is 1.89 bits per heavy atom. The highest BCUT2D eigenvalue weighted by atomic mass is 32.1. The molecular formula is C13H12FNO2S. The van der Waals surface area contributed by atoms with Gasteiger partial charge in [0.25, 0.3) is 0 Å². The zero-order chi connectivity index (χ0) is 13.0. The molecule has 0 saturated carbocycles. The van der Waals surface area contributed by atoms with Crippen LogP contribution in [0.2, 0.25) is 0 Å². The summed E-state index contributed by atoms with van der Waals surface area (Å²) < 4.78 is 12.7. The molecule has 94 valence electrons. The van der Waals surface area contributed by atoms with E-state index in [0.29, 0.717) is 18.0 Å². The highest BCUT2D eigenvalue weighted by Crippen LogP contribution is 2.16. The predicted octanol–water partition coefficient (Wildman–Crippen LogP) is 2.88. The third-order valence-corrected chi connectivity index (χ3v) is 3.49. The fourth-order valence-electron chi connectivity index (χ4n) is 1.52. The number of carbonyl (C=O) groups is 1. The lowest BCUT2D eigenvalue weighted by atomic mass is 10.2. The lowest BCUT2D eigenvalue weighted by Crippen LogP contribution is -2.11. The van der Waals surface area contributed by atoms with E-state index < -0.39 is 5.97 Å². The van der Waals surface area contributed by atoms with Gasteiger partial charge in [-0.25, -0.2) is 9.18 Å². The van der Waals surface area contributed by atoms with Gasteiger partial charge in [-0.15, -0.1) is 11.3 Å². The van der Waals surface area contributed by atoms with Crippen LogP contribution in [0.1, 0.15) is 20.1 Å². The largest absolute Gasteiger partial charge is 0.477 e. The van der Waals surface area contributed by atoms with Gasteiger partial charge in [0.1, 0.15) is 10.7 Å². The molecule has 1 heterocycles. The van der Waals surface area contributed by atoms with Gasteiger partial charge in [0.15, 0.2) is 0 Å². The first-order valence-corrected chi connectivity index (χ1v) is 6.24. The number of thiophene rings is 1. The molecule has 1 aromatic heterocycles. The van der Waals surface area contributed by atoms with Gasteiger partial charge in [0.05, 0.1) is 0 Å². The molecule has 0 aliphatic rings. The minimum Gasteiger partial charge on any atom is -0.477 e. The Bertz CT molecular complexity index is 536. The third-order valence-electron chi connectivity index (χ3n) is 2.41. The molecule has 3 nitrogen and oxygen atoms in total. The van der Waals surface area contributed by atoms with Crippen molar-refractivity contribution in [2.24, 2.45) is 0 Å². The highest BCUT2D eigenvalue weighted by Gasteiger charge is 2.06. The first-order valence-electron chi connectivity index (χ1n) is 5.42. The molecule has 0 spiro atoms. The van der Waals surface area contributed by atoms with Gasteiger partial charge in [-0.3, -0.25) is 0 Å². The van der Waals surface area contributed by atoms with E-state index in [0.717, 1.165) is 10.4 Å². The summed E-state index contributed by atoms with van der Waals surface area (Å²) >= 11 is 1.26. The number of hydrogen-bond acceptors (Lipinski definition) is 3. The van der Waals surface area contributed by atoms with Gasteiger partial charge in [0.2, 0.25) is 0 Å². The fourth-order valence-corrected chi connectivity index (χ4v) is 2.34. The Balaban J connectivity index is 1.84. The Hall–Kier alpha value is -1.72. The van der Waals surface area contributed by atoms with Crippen LogP contribution < -0.4 is 5.32 Å². The predicted molar refractivity (Wildman–Crippen MR) is 68.2 cm³/mol. The van der Waals surface area contributed by atoms with Gasteiger partial charge in [-0.1, -0.05) is 12.1 Å². The summed E-state index contributed by atoms with van der Waals surface area (Å²) in [6.07, 6.45) is 0. The zero-order valence-corrected chi connectivity index (χ0v) is 10.3. The van der Waals surface area contributed by atoms with E-state index in [-0.39, 0.29) is 5.82 Å². The molecule has 0 fully saturated rings. The summed E-state index contributed by atoms with van der Waals surface area (Å²) in [5, 5.41) is 12.0. The summed E-state index contributed by atoms with van der Waals surface area (Å²) in [4.78, 5) is 12.0. The van der Waals surface area contributed by atoms with Crippen LogP contribution in [-0.4, -0.2) is 11.1 Å². The van der Waals surface area contributed by atoms with Crippen molar-refractivity contribution in [1.82, 2.24) is 5.32 Å². The first kappa shape index (κ1) is 12.7. The molecule has 1 aromatic carbocycles. The average molecular weight is 265 g/mol. The maximum atomic E-state index is 12.7. The molecule has 0 saturated heterocycles. The van der Waals surface area contributed by atoms with E-state index in [1.807, 2.05) is 0 Å². The third kappa shape index (κ3) is 3.38. The first-order chi connectivity index (χ1) is 8.65. The number of benzene rings is 1. The van der Waals surface area contributed by atoms with Crippen LogP contribution in [0.4, 0.5) is 4.39 Å². The maximum absolute atomic E-state index is 12.7. The van der Waals surface area contributed by atoms with Crippen molar-refractivity contribution in [2.45, 2.75) is 13.1 Å². The molecule has 0 atom stereocenters. The van der Waals surface area contributed by atoms with Crippen LogP contribution in [-0.2, 0) is 13.1 Å². The molecule has 2 N–H and O–H groups in total. The van der Waals surface area contributed by atoms with Crippen LogP contribution in [0.3, 0.4) is 0 Å². The molecular weight excluding hydrogens is 253 g/mol. The Labute approximate surface area is 108 Å². The number of aromatic carboxylic acids is 1. The van der Waals surface area contributed by atoms with E-state index >= 15 is 0 Å². The van der Waals surface area contributed by atoms with Gasteiger partial charge in [0, 0.05) is 18.0 Å². The van der Waals surface area contributed by atoms with E-state index in [9.17, 15) is 9.18 Å². The molecule has 0 radical (unpaired) electrons. The van der Waals surface area contributed by atoms with Gasteiger partial charge < -0.3 is 10.4 Å². The van der Waals surface area contributed by atoms with Crippen molar-refractivity contribution in [3.05, 3.63) is 57.5 Å². The summed E-state index contributed by atoms with van der Waals surface area (Å²) in [6, 6.07) is 9.68.